The Hall–Kier alpha value is -2.08. The van der Waals surface area contributed by atoms with Gasteiger partial charge >= 0.3 is 0 Å². The van der Waals surface area contributed by atoms with E-state index < -0.39 is 11.8 Å². The molecule has 0 aliphatic rings. The highest BCUT2D eigenvalue weighted by Gasteiger charge is 2.06. The monoisotopic (exact) mass is 251 g/mol. The first kappa shape index (κ1) is 14.0. The summed E-state index contributed by atoms with van der Waals surface area (Å²) in [5.74, 6) is -0.340. The van der Waals surface area contributed by atoms with Gasteiger partial charge in [-0.1, -0.05) is 12.1 Å². The highest BCUT2D eigenvalue weighted by Crippen LogP contribution is 2.11. The molecule has 0 saturated carbocycles. The summed E-state index contributed by atoms with van der Waals surface area (Å²) >= 11 is 0. The Morgan fingerprint density at radius 1 is 1.28 bits per heavy atom. The minimum atomic E-state index is -0.518. The summed E-state index contributed by atoms with van der Waals surface area (Å²) in [4.78, 5) is 21.3. The normalized spacial score (nSPS) is 11.8. The number of ether oxygens (including phenoxy) is 1. The average molecular weight is 251 g/mol. The van der Waals surface area contributed by atoms with Crippen LogP contribution in [-0.2, 0) is 16.1 Å². The van der Waals surface area contributed by atoms with Gasteiger partial charge < -0.3 is 21.5 Å². The van der Waals surface area contributed by atoms with Gasteiger partial charge in [-0.2, -0.15) is 0 Å². The van der Waals surface area contributed by atoms with Gasteiger partial charge in [0.15, 0.2) is 6.61 Å². The smallest absolute Gasteiger partial charge is 0.255 e. The zero-order valence-electron chi connectivity index (χ0n) is 10.2. The standard InChI is InChI=1S/C12H17N3O3/c1-8(12(14)17)15-6-9-2-4-10(5-3-9)18-7-11(13)16/h2-5,8,15H,6-7H2,1H3,(H2,13,16)(H2,14,17)/t8-/m0/s1. The van der Waals surface area contributed by atoms with Crippen LogP contribution in [0.4, 0.5) is 0 Å². The molecule has 0 aliphatic heterocycles. The summed E-state index contributed by atoms with van der Waals surface area (Å²) in [6.07, 6.45) is 0. The second-order valence-corrected chi connectivity index (χ2v) is 3.90. The van der Waals surface area contributed by atoms with Crippen LogP contribution >= 0.6 is 0 Å². The Balaban J connectivity index is 2.45. The predicted molar refractivity (Wildman–Crippen MR) is 66.6 cm³/mol. The van der Waals surface area contributed by atoms with E-state index in [2.05, 4.69) is 5.32 Å². The van der Waals surface area contributed by atoms with Crippen molar-refractivity contribution in [3.8, 4) is 5.75 Å². The van der Waals surface area contributed by atoms with Crippen LogP contribution < -0.4 is 21.5 Å². The number of hydrogen-bond donors (Lipinski definition) is 3. The molecule has 98 valence electrons. The van der Waals surface area contributed by atoms with E-state index in [1.807, 2.05) is 12.1 Å². The molecule has 6 nitrogen and oxygen atoms in total. The van der Waals surface area contributed by atoms with E-state index in [0.717, 1.165) is 5.56 Å². The van der Waals surface area contributed by atoms with Crippen LogP contribution in [0.1, 0.15) is 12.5 Å². The molecule has 0 aromatic heterocycles. The van der Waals surface area contributed by atoms with Crippen LogP contribution in [0.5, 0.6) is 5.75 Å². The molecule has 1 aromatic carbocycles. The third-order valence-electron chi connectivity index (χ3n) is 2.34. The Kier molecular flexibility index (Phi) is 5.13. The van der Waals surface area contributed by atoms with Crippen molar-refractivity contribution < 1.29 is 14.3 Å². The van der Waals surface area contributed by atoms with Crippen molar-refractivity contribution in [2.24, 2.45) is 11.5 Å². The summed E-state index contributed by atoms with van der Waals surface area (Å²) in [6, 6.07) is 6.74. The van der Waals surface area contributed by atoms with Gasteiger partial charge in [0, 0.05) is 6.54 Å². The maximum atomic E-state index is 10.8. The highest BCUT2D eigenvalue weighted by molar-refractivity contribution is 5.79. The lowest BCUT2D eigenvalue weighted by Gasteiger charge is -2.10. The van der Waals surface area contributed by atoms with Crippen molar-refractivity contribution in [3.63, 3.8) is 0 Å². The van der Waals surface area contributed by atoms with Crippen molar-refractivity contribution in [2.75, 3.05) is 6.61 Å². The Bertz CT molecular complexity index is 417. The molecule has 0 radical (unpaired) electrons. The maximum absolute atomic E-state index is 10.8. The second-order valence-electron chi connectivity index (χ2n) is 3.90. The summed E-state index contributed by atoms with van der Waals surface area (Å²) in [7, 11) is 0. The largest absolute Gasteiger partial charge is 0.484 e. The van der Waals surface area contributed by atoms with Gasteiger partial charge in [-0.15, -0.1) is 0 Å². The fourth-order valence-corrected chi connectivity index (χ4v) is 1.23. The topological polar surface area (TPSA) is 107 Å². The van der Waals surface area contributed by atoms with E-state index in [9.17, 15) is 9.59 Å². The van der Waals surface area contributed by atoms with Gasteiger partial charge in [0.1, 0.15) is 5.75 Å². The Labute approximate surface area is 105 Å². The number of carbonyl (C=O) groups excluding carboxylic acids is 2. The summed E-state index contributed by atoms with van der Waals surface area (Å²) in [6.45, 7) is 2.09. The summed E-state index contributed by atoms with van der Waals surface area (Å²) in [5, 5.41) is 2.98. The van der Waals surface area contributed by atoms with Crippen LogP contribution in [0.25, 0.3) is 0 Å². The van der Waals surface area contributed by atoms with E-state index in [1.54, 1.807) is 19.1 Å². The van der Waals surface area contributed by atoms with E-state index in [4.69, 9.17) is 16.2 Å². The zero-order valence-corrected chi connectivity index (χ0v) is 10.2. The number of hydrogen-bond acceptors (Lipinski definition) is 4. The van der Waals surface area contributed by atoms with E-state index in [0.29, 0.717) is 12.3 Å². The molecular weight excluding hydrogens is 234 g/mol. The molecule has 1 rings (SSSR count). The molecule has 5 N–H and O–H groups in total. The summed E-state index contributed by atoms with van der Waals surface area (Å²) < 4.78 is 5.12. The fraction of sp³-hybridized carbons (Fsp3) is 0.333. The number of primary amides is 2. The lowest BCUT2D eigenvalue weighted by molar-refractivity contribution is -0.120. The van der Waals surface area contributed by atoms with Crippen molar-refractivity contribution in [2.45, 2.75) is 19.5 Å². The molecule has 1 atom stereocenters. The van der Waals surface area contributed by atoms with Gasteiger partial charge in [-0.3, -0.25) is 9.59 Å². The number of carbonyl (C=O) groups is 2. The number of rotatable bonds is 7. The number of nitrogens with two attached hydrogens (primary N) is 2. The minimum absolute atomic E-state index is 0.143. The molecule has 0 saturated heterocycles. The molecule has 0 unspecified atom stereocenters. The van der Waals surface area contributed by atoms with Gasteiger partial charge in [-0.05, 0) is 24.6 Å². The van der Waals surface area contributed by atoms with Gasteiger partial charge in [0.2, 0.25) is 5.91 Å². The third kappa shape index (κ3) is 4.84. The SMILES string of the molecule is C[C@H](NCc1ccc(OCC(N)=O)cc1)C(N)=O. The molecule has 0 heterocycles. The van der Waals surface area contributed by atoms with Crippen LogP contribution in [0, 0.1) is 0 Å². The first-order valence-corrected chi connectivity index (χ1v) is 5.52. The molecule has 0 aliphatic carbocycles. The fourth-order valence-electron chi connectivity index (χ4n) is 1.23. The molecule has 18 heavy (non-hydrogen) atoms. The van der Waals surface area contributed by atoms with E-state index in [1.165, 1.54) is 0 Å². The second kappa shape index (κ2) is 6.61. The van der Waals surface area contributed by atoms with Gasteiger partial charge in [0.25, 0.3) is 5.91 Å². The van der Waals surface area contributed by atoms with Crippen LogP contribution in [0.3, 0.4) is 0 Å². The molecule has 0 bridgehead atoms. The lowest BCUT2D eigenvalue weighted by atomic mass is 10.2. The van der Waals surface area contributed by atoms with Crippen LogP contribution in [-0.4, -0.2) is 24.5 Å². The average Bonchev–Trinajstić information content (AvgIpc) is 2.34. The van der Waals surface area contributed by atoms with Crippen molar-refractivity contribution in [3.05, 3.63) is 29.8 Å². The van der Waals surface area contributed by atoms with E-state index >= 15 is 0 Å². The highest BCUT2D eigenvalue weighted by atomic mass is 16.5. The van der Waals surface area contributed by atoms with Gasteiger partial charge in [-0.25, -0.2) is 0 Å². The lowest BCUT2D eigenvalue weighted by Crippen LogP contribution is -2.38. The quantitative estimate of drug-likeness (QED) is 0.608. The number of benzene rings is 1. The molecular formula is C12H17N3O3. The van der Waals surface area contributed by atoms with Gasteiger partial charge in [0.05, 0.1) is 6.04 Å². The van der Waals surface area contributed by atoms with Crippen molar-refractivity contribution in [1.82, 2.24) is 5.32 Å². The predicted octanol–water partition coefficient (Wildman–Crippen LogP) is -0.486. The molecule has 1 aromatic rings. The third-order valence-corrected chi connectivity index (χ3v) is 2.34. The van der Waals surface area contributed by atoms with Crippen molar-refractivity contribution in [1.29, 1.82) is 0 Å². The van der Waals surface area contributed by atoms with Crippen molar-refractivity contribution >= 4 is 11.8 Å². The molecule has 2 amide bonds. The molecule has 0 fully saturated rings. The molecule has 6 heteroatoms. The maximum Gasteiger partial charge on any atom is 0.255 e. The number of nitrogens with one attached hydrogen (secondary N) is 1. The molecule has 0 spiro atoms. The zero-order chi connectivity index (χ0) is 13.5. The minimum Gasteiger partial charge on any atom is -0.484 e. The van der Waals surface area contributed by atoms with Crippen LogP contribution in [0.15, 0.2) is 24.3 Å². The Morgan fingerprint density at radius 3 is 2.39 bits per heavy atom. The van der Waals surface area contributed by atoms with Crippen LogP contribution in [0.2, 0.25) is 0 Å². The first-order chi connectivity index (χ1) is 8.49. The van der Waals surface area contributed by atoms with E-state index in [-0.39, 0.29) is 12.6 Å². The Morgan fingerprint density at radius 2 is 1.89 bits per heavy atom. The summed E-state index contributed by atoms with van der Waals surface area (Å²) in [5.41, 5.74) is 11.1. The number of amides is 2. The first-order valence-electron chi connectivity index (χ1n) is 5.52.